The van der Waals surface area contributed by atoms with E-state index in [4.69, 9.17) is 4.98 Å². The molecule has 5 heteroatoms. The lowest BCUT2D eigenvalue weighted by Gasteiger charge is -2.54. The van der Waals surface area contributed by atoms with Gasteiger partial charge in [0, 0.05) is 30.1 Å². The molecule has 1 aliphatic carbocycles. The molecule has 3 fully saturated rings. The fraction of sp³-hybridized carbons (Fsp3) is 0.538. The van der Waals surface area contributed by atoms with Gasteiger partial charge in [0.05, 0.1) is 18.2 Å². The van der Waals surface area contributed by atoms with Crippen LogP contribution in [0.15, 0.2) is 47.4 Å². The first-order chi connectivity index (χ1) is 15.3. The van der Waals surface area contributed by atoms with Gasteiger partial charge in [-0.15, -0.1) is 11.3 Å². The molecule has 0 N–H and O–H groups in total. The summed E-state index contributed by atoms with van der Waals surface area (Å²) in [4.78, 5) is 23.2. The lowest BCUT2D eigenvalue weighted by atomic mass is 9.68. The molecule has 3 saturated heterocycles. The molecule has 1 amide bonds. The molecule has 3 aliphatic heterocycles. The number of hydrogen-bond acceptors (Lipinski definition) is 4. The number of benzene rings is 1. The quantitative estimate of drug-likeness (QED) is 0.654. The van der Waals surface area contributed by atoms with E-state index < -0.39 is 0 Å². The molecule has 162 valence electrons. The van der Waals surface area contributed by atoms with Gasteiger partial charge in [-0.1, -0.05) is 48.4 Å². The Hall–Kier alpha value is -1.98. The smallest absolute Gasteiger partial charge is 0.229 e. The number of carbonyl (C=O) groups is 1. The van der Waals surface area contributed by atoms with Crippen molar-refractivity contribution in [3.05, 3.63) is 53.1 Å². The molecular weight excluding hydrogens is 402 g/mol. The number of likely N-dealkylation sites (tertiary alicyclic amines) is 1. The van der Waals surface area contributed by atoms with Crippen LogP contribution in [-0.4, -0.2) is 52.4 Å². The van der Waals surface area contributed by atoms with Gasteiger partial charge >= 0.3 is 0 Å². The maximum atomic E-state index is 13.5. The number of carbonyl (C=O) groups excluding carboxylic acids is 1. The number of piperidine rings is 3. The fourth-order valence-corrected chi connectivity index (χ4v) is 7.44. The van der Waals surface area contributed by atoms with Gasteiger partial charge in [-0.25, -0.2) is 4.98 Å². The highest BCUT2D eigenvalue weighted by molar-refractivity contribution is 7.13. The van der Waals surface area contributed by atoms with E-state index >= 15 is 0 Å². The van der Waals surface area contributed by atoms with E-state index in [9.17, 15) is 4.79 Å². The standard InChI is InChI=1S/C26H31N3OS/c30-24(15-22-17-31-26(27-22)18-7-2-1-3-8-18)29-12-6-9-19-13-20-14-21(25(19)29)16-28-11-5-4-10-23(20)28/h1-3,7-8,13,17,20-21,23,25H,4-6,9-12,14-16H2/t20-,21-,23?,25?/m0/s1. The molecule has 6 rings (SSSR count). The van der Waals surface area contributed by atoms with Crippen molar-refractivity contribution in [2.45, 2.75) is 57.0 Å². The minimum Gasteiger partial charge on any atom is -0.335 e. The Bertz CT molecular complexity index is 984. The van der Waals surface area contributed by atoms with Gasteiger partial charge in [0.1, 0.15) is 5.01 Å². The van der Waals surface area contributed by atoms with Gasteiger partial charge in [0.25, 0.3) is 0 Å². The highest BCUT2D eigenvalue weighted by Gasteiger charge is 2.46. The molecule has 4 heterocycles. The second kappa shape index (κ2) is 8.18. The first kappa shape index (κ1) is 19.7. The Morgan fingerprint density at radius 3 is 2.94 bits per heavy atom. The fourth-order valence-electron chi connectivity index (χ4n) is 6.61. The topological polar surface area (TPSA) is 36.4 Å². The molecule has 4 atom stereocenters. The van der Waals surface area contributed by atoms with Crippen LogP contribution in [0, 0.1) is 11.8 Å². The van der Waals surface area contributed by atoms with Crippen molar-refractivity contribution in [2.75, 3.05) is 19.6 Å². The summed E-state index contributed by atoms with van der Waals surface area (Å²) in [5.74, 6) is 1.59. The first-order valence-corrected chi connectivity index (χ1v) is 12.9. The van der Waals surface area contributed by atoms with Crippen molar-refractivity contribution < 1.29 is 4.79 Å². The molecule has 0 radical (unpaired) electrons. The summed E-state index contributed by atoms with van der Waals surface area (Å²) in [5.41, 5.74) is 3.61. The van der Waals surface area contributed by atoms with Gasteiger partial charge in [0.2, 0.25) is 5.91 Å². The third-order valence-corrected chi connectivity index (χ3v) is 8.82. The van der Waals surface area contributed by atoms with Crippen LogP contribution in [-0.2, 0) is 11.2 Å². The Labute approximate surface area is 189 Å². The molecule has 0 spiro atoms. The molecule has 2 unspecified atom stereocenters. The van der Waals surface area contributed by atoms with Crippen molar-refractivity contribution in [3.63, 3.8) is 0 Å². The molecular formula is C26H31N3OS. The molecule has 0 saturated carbocycles. The van der Waals surface area contributed by atoms with Crippen molar-refractivity contribution in [1.29, 1.82) is 0 Å². The lowest BCUT2D eigenvalue weighted by molar-refractivity contribution is -0.135. The van der Waals surface area contributed by atoms with E-state index in [1.807, 2.05) is 18.2 Å². The zero-order chi connectivity index (χ0) is 20.8. The zero-order valence-electron chi connectivity index (χ0n) is 18.1. The first-order valence-electron chi connectivity index (χ1n) is 12.0. The van der Waals surface area contributed by atoms with Gasteiger partial charge in [-0.05, 0) is 50.5 Å². The van der Waals surface area contributed by atoms with Crippen molar-refractivity contribution in [1.82, 2.24) is 14.8 Å². The predicted molar refractivity (Wildman–Crippen MR) is 125 cm³/mol. The van der Waals surface area contributed by atoms with Crippen LogP contribution >= 0.6 is 11.3 Å². The minimum absolute atomic E-state index is 0.264. The van der Waals surface area contributed by atoms with E-state index in [1.165, 1.54) is 45.2 Å². The molecule has 4 nitrogen and oxygen atoms in total. The SMILES string of the molecule is O=C(Cc1csc(-c2ccccc2)n1)N1CCCC2=C[C@H]3C[C@@H](CN4CCCCC34)C21. The predicted octanol–water partition coefficient (Wildman–Crippen LogP) is 4.77. The summed E-state index contributed by atoms with van der Waals surface area (Å²) in [7, 11) is 0. The van der Waals surface area contributed by atoms with Crippen molar-refractivity contribution in [2.24, 2.45) is 11.8 Å². The van der Waals surface area contributed by atoms with Gasteiger partial charge in [-0.2, -0.15) is 0 Å². The van der Waals surface area contributed by atoms with E-state index in [1.54, 1.807) is 16.9 Å². The second-order valence-corrected chi connectivity index (χ2v) is 10.6. The van der Waals surface area contributed by atoms with Crippen LogP contribution < -0.4 is 0 Å². The molecule has 1 aromatic heterocycles. The lowest BCUT2D eigenvalue weighted by Crippen LogP contribution is -2.60. The number of rotatable bonds is 3. The Morgan fingerprint density at radius 1 is 1.13 bits per heavy atom. The van der Waals surface area contributed by atoms with Gasteiger partial charge < -0.3 is 4.90 Å². The van der Waals surface area contributed by atoms with Crippen LogP contribution in [0.3, 0.4) is 0 Å². The number of fused-ring (bicyclic) bond motifs is 6. The zero-order valence-corrected chi connectivity index (χ0v) is 18.9. The molecule has 4 aliphatic rings. The minimum atomic E-state index is 0.264. The van der Waals surface area contributed by atoms with Crippen LogP contribution in [0.25, 0.3) is 10.6 Å². The van der Waals surface area contributed by atoms with Crippen molar-refractivity contribution >= 4 is 17.2 Å². The number of hydrogen-bond donors (Lipinski definition) is 0. The summed E-state index contributed by atoms with van der Waals surface area (Å²) < 4.78 is 0. The Morgan fingerprint density at radius 2 is 2.03 bits per heavy atom. The second-order valence-electron chi connectivity index (χ2n) is 9.78. The highest BCUT2D eigenvalue weighted by atomic mass is 32.1. The average molecular weight is 434 g/mol. The summed E-state index contributed by atoms with van der Waals surface area (Å²) in [6.07, 6.45) is 10.7. The molecule has 2 aromatic rings. The highest BCUT2D eigenvalue weighted by Crippen LogP contribution is 2.45. The number of amides is 1. The average Bonchev–Trinajstić information content (AvgIpc) is 3.28. The number of nitrogens with zero attached hydrogens (tertiary/aromatic N) is 3. The molecule has 31 heavy (non-hydrogen) atoms. The van der Waals surface area contributed by atoms with Crippen LogP contribution in [0.5, 0.6) is 0 Å². The maximum Gasteiger partial charge on any atom is 0.229 e. The molecule has 1 aromatic carbocycles. The van der Waals surface area contributed by atoms with Crippen LogP contribution in [0.4, 0.5) is 0 Å². The van der Waals surface area contributed by atoms with Crippen LogP contribution in [0.2, 0.25) is 0 Å². The van der Waals surface area contributed by atoms with E-state index in [0.29, 0.717) is 24.3 Å². The Kier molecular flexibility index (Phi) is 5.19. The van der Waals surface area contributed by atoms with E-state index in [2.05, 4.69) is 33.4 Å². The largest absolute Gasteiger partial charge is 0.335 e. The number of aromatic nitrogens is 1. The summed E-state index contributed by atoms with van der Waals surface area (Å²) >= 11 is 1.64. The third-order valence-electron chi connectivity index (χ3n) is 7.88. The van der Waals surface area contributed by atoms with Gasteiger partial charge in [0.15, 0.2) is 0 Å². The van der Waals surface area contributed by atoms with E-state index in [-0.39, 0.29) is 5.91 Å². The molecule has 2 bridgehead atoms. The summed E-state index contributed by atoms with van der Waals surface area (Å²) in [6, 6.07) is 11.4. The maximum absolute atomic E-state index is 13.5. The number of thiazole rings is 1. The monoisotopic (exact) mass is 433 g/mol. The third kappa shape index (κ3) is 3.66. The van der Waals surface area contributed by atoms with Crippen molar-refractivity contribution in [3.8, 4) is 10.6 Å². The summed E-state index contributed by atoms with van der Waals surface area (Å²) in [6.45, 7) is 3.34. The summed E-state index contributed by atoms with van der Waals surface area (Å²) in [5, 5.41) is 3.07. The normalized spacial score (nSPS) is 30.3. The van der Waals surface area contributed by atoms with Gasteiger partial charge in [-0.3, -0.25) is 9.69 Å². The van der Waals surface area contributed by atoms with Crippen LogP contribution in [0.1, 0.15) is 44.2 Å². The Balaban J connectivity index is 1.21. The van der Waals surface area contributed by atoms with E-state index in [0.717, 1.165) is 35.3 Å².